The van der Waals surface area contributed by atoms with Gasteiger partial charge in [-0.25, -0.2) is 14.8 Å². The van der Waals surface area contributed by atoms with Crippen LogP contribution in [0.25, 0.3) is 0 Å². The summed E-state index contributed by atoms with van der Waals surface area (Å²) in [6.45, 7) is 1.39. The Morgan fingerprint density at radius 1 is 1.41 bits per heavy atom. The average molecular weight is 294 g/mol. The first-order valence-electron chi connectivity index (χ1n) is 6.90. The Labute approximate surface area is 127 Å². The van der Waals surface area contributed by atoms with Crippen molar-refractivity contribution in [1.29, 1.82) is 5.26 Å². The predicted molar refractivity (Wildman–Crippen MR) is 81.8 cm³/mol. The van der Waals surface area contributed by atoms with E-state index in [1.54, 1.807) is 4.90 Å². The first-order chi connectivity index (χ1) is 10.8. The maximum atomic E-state index is 11.9. The number of aromatic nitrogens is 2. The molecule has 0 spiro atoms. The van der Waals surface area contributed by atoms with Gasteiger partial charge in [0, 0.05) is 24.5 Å². The van der Waals surface area contributed by atoms with Crippen LogP contribution < -0.4 is 15.5 Å². The number of amides is 2. The molecule has 0 radical (unpaired) electrons. The van der Waals surface area contributed by atoms with Crippen molar-refractivity contribution in [2.75, 3.05) is 23.3 Å². The number of urea groups is 1. The highest BCUT2D eigenvalue weighted by molar-refractivity contribution is 5.93. The van der Waals surface area contributed by atoms with Gasteiger partial charge in [0.2, 0.25) is 0 Å². The van der Waals surface area contributed by atoms with Gasteiger partial charge in [0.05, 0.1) is 6.20 Å². The molecular weight excluding hydrogens is 280 g/mol. The lowest BCUT2D eigenvalue weighted by Crippen LogP contribution is -2.46. The zero-order valence-corrected chi connectivity index (χ0v) is 11.8. The summed E-state index contributed by atoms with van der Waals surface area (Å²) in [7, 11) is 0. The monoisotopic (exact) mass is 294 g/mol. The highest BCUT2D eigenvalue weighted by atomic mass is 16.2. The van der Waals surface area contributed by atoms with Crippen LogP contribution in [-0.2, 0) is 0 Å². The molecule has 1 fully saturated rings. The molecule has 2 N–H and O–H groups in total. The minimum atomic E-state index is -0.0943. The van der Waals surface area contributed by atoms with Gasteiger partial charge in [-0.1, -0.05) is 6.07 Å². The van der Waals surface area contributed by atoms with E-state index in [-0.39, 0.29) is 6.03 Å². The zero-order chi connectivity index (χ0) is 15.4. The molecule has 110 valence electrons. The number of carbonyl (C=O) groups is 1. The smallest absolute Gasteiger partial charge is 0.321 e. The number of hydrogen-bond acceptors (Lipinski definition) is 5. The van der Waals surface area contributed by atoms with E-state index in [0.29, 0.717) is 24.5 Å². The minimum absolute atomic E-state index is 0.0943. The van der Waals surface area contributed by atoms with Gasteiger partial charge in [-0.15, -0.1) is 0 Å². The van der Waals surface area contributed by atoms with E-state index in [4.69, 9.17) is 5.26 Å². The molecule has 2 aromatic rings. The molecule has 7 nitrogen and oxygen atoms in total. The third-order valence-electron chi connectivity index (χ3n) is 3.33. The lowest BCUT2D eigenvalue weighted by Gasteiger charge is -2.27. The molecular formula is C15H14N6O. The first-order valence-corrected chi connectivity index (χ1v) is 6.90. The largest absolute Gasteiger partial charge is 0.339 e. The third-order valence-corrected chi connectivity index (χ3v) is 3.33. The van der Waals surface area contributed by atoms with Gasteiger partial charge in [-0.2, -0.15) is 5.26 Å². The number of carbonyl (C=O) groups excluding carboxylic acids is 1. The van der Waals surface area contributed by atoms with Gasteiger partial charge in [-0.3, -0.25) is 4.90 Å². The lowest BCUT2D eigenvalue weighted by molar-refractivity contribution is 0.243. The highest BCUT2D eigenvalue weighted by Crippen LogP contribution is 2.24. The maximum Gasteiger partial charge on any atom is 0.321 e. The number of nitrogens with zero attached hydrogens (tertiary/aromatic N) is 4. The molecule has 1 aromatic heterocycles. The van der Waals surface area contributed by atoms with E-state index in [1.165, 1.54) is 12.5 Å². The van der Waals surface area contributed by atoms with Crippen molar-refractivity contribution in [3.63, 3.8) is 0 Å². The molecule has 3 rings (SSSR count). The maximum absolute atomic E-state index is 11.9. The fourth-order valence-electron chi connectivity index (χ4n) is 2.28. The molecule has 2 amide bonds. The summed E-state index contributed by atoms with van der Waals surface area (Å²) in [5.41, 5.74) is 1.92. The van der Waals surface area contributed by atoms with Crippen LogP contribution in [0.2, 0.25) is 0 Å². The standard InChI is InChI=1S/C15H14N6O/c16-8-11-9-17-10-19-14(11)20-12-3-1-4-13(7-12)21-6-2-5-18-15(21)22/h1,3-4,7,9-10H,2,5-6H2,(H,18,22)(H,17,19,20). The number of anilines is 3. The predicted octanol–water partition coefficient (Wildman–Crippen LogP) is 2.01. The van der Waals surface area contributed by atoms with Crippen molar-refractivity contribution in [2.45, 2.75) is 6.42 Å². The molecule has 1 aliphatic rings. The van der Waals surface area contributed by atoms with Gasteiger partial charge in [0.1, 0.15) is 18.0 Å². The van der Waals surface area contributed by atoms with Crippen molar-refractivity contribution < 1.29 is 4.79 Å². The Kier molecular flexibility index (Phi) is 3.83. The summed E-state index contributed by atoms with van der Waals surface area (Å²) < 4.78 is 0. The number of nitrogens with one attached hydrogen (secondary N) is 2. The second kappa shape index (κ2) is 6.10. The quantitative estimate of drug-likeness (QED) is 0.903. The van der Waals surface area contributed by atoms with Gasteiger partial charge in [0.25, 0.3) is 0 Å². The van der Waals surface area contributed by atoms with Crippen LogP contribution in [0.4, 0.5) is 22.0 Å². The Bertz CT molecular complexity index is 739. The van der Waals surface area contributed by atoms with Crippen LogP contribution in [0.3, 0.4) is 0 Å². The molecule has 0 saturated carbocycles. The van der Waals surface area contributed by atoms with Crippen LogP contribution in [0, 0.1) is 11.3 Å². The average Bonchev–Trinajstić information content (AvgIpc) is 2.56. The van der Waals surface area contributed by atoms with E-state index >= 15 is 0 Å². The van der Waals surface area contributed by atoms with Crippen molar-refractivity contribution in [3.05, 3.63) is 42.4 Å². The molecule has 0 bridgehead atoms. The Hall–Kier alpha value is -3.14. The lowest BCUT2D eigenvalue weighted by atomic mass is 10.2. The fraction of sp³-hybridized carbons (Fsp3) is 0.200. The minimum Gasteiger partial charge on any atom is -0.339 e. The summed E-state index contributed by atoms with van der Waals surface area (Å²) >= 11 is 0. The van der Waals surface area contributed by atoms with Crippen molar-refractivity contribution in [2.24, 2.45) is 0 Å². The molecule has 22 heavy (non-hydrogen) atoms. The van der Waals surface area contributed by atoms with E-state index in [9.17, 15) is 4.79 Å². The van der Waals surface area contributed by atoms with Crippen LogP contribution in [0.1, 0.15) is 12.0 Å². The summed E-state index contributed by atoms with van der Waals surface area (Å²) in [5.74, 6) is 0.442. The van der Waals surface area contributed by atoms with Crippen LogP contribution in [-0.4, -0.2) is 29.1 Å². The first kappa shape index (κ1) is 13.8. The normalized spacial score (nSPS) is 14.1. The third kappa shape index (κ3) is 2.81. The number of hydrogen-bond donors (Lipinski definition) is 2. The van der Waals surface area contributed by atoms with E-state index < -0.39 is 0 Å². The number of benzene rings is 1. The molecule has 1 saturated heterocycles. The summed E-state index contributed by atoms with van der Waals surface area (Å²) in [6, 6.07) is 9.39. The zero-order valence-electron chi connectivity index (χ0n) is 11.8. The van der Waals surface area contributed by atoms with Gasteiger partial charge in [0.15, 0.2) is 5.82 Å². The molecule has 0 aliphatic carbocycles. The highest BCUT2D eigenvalue weighted by Gasteiger charge is 2.19. The van der Waals surface area contributed by atoms with Crippen molar-refractivity contribution in [3.8, 4) is 6.07 Å². The Morgan fingerprint density at radius 3 is 3.14 bits per heavy atom. The second-order valence-corrected chi connectivity index (χ2v) is 4.81. The molecule has 0 unspecified atom stereocenters. The van der Waals surface area contributed by atoms with E-state index in [1.807, 2.05) is 30.3 Å². The van der Waals surface area contributed by atoms with E-state index in [0.717, 1.165) is 17.8 Å². The topological polar surface area (TPSA) is 93.9 Å². The second-order valence-electron chi connectivity index (χ2n) is 4.81. The Balaban J connectivity index is 1.85. The molecule has 1 aliphatic heterocycles. The number of nitriles is 1. The molecule has 1 aromatic carbocycles. The van der Waals surface area contributed by atoms with Crippen molar-refractivity contribution in [1.82, 2.24) is 15.3 Å². The fourth-order valence-corrected chi connectivity index (χ4v) is 2.28. The summed E-state index contributed by atoms with van der Waals surface area (Å²) in [5, 5.41) is 15.0. The van der Waals surface area contributed by atoms with Crippen LogP contribution in [0.5, 0.6) is 0 Å². The van der Waals surface area contributed by atoms with Gasteiger partial charge < -0.3 is 10.6 Å². The summed E-state index contributed by atoms with van der Waals surface area (Å²) in [6.07, 6.45) is 3.75. The summed E-state index contributed by atoms with van der Waals surface area (Å²) in [4.78, 5) is 21.5. The molecule has 7 heteroatoms. The Morgan fingerprint density at radius 2 is 2.32 bits per heavy atom. The van der Waals surface area contributed by atoms with Crippen LogP contribution in [0.15, 0.2) is 36.8 Å². The van der Waals surface area contributed by atoms with E-state index in [2.05, 4.69) is 20.6 Å². The van der Waals surface area contributed by atoms with Gasteiger partial charge in [-0.05, 0) is 24.6 Å². The molecule has 0 atom stereocenters. The van der Waals surface area contributed by atoms with Crippen molar-refractivity contribution >= 4 is 23.2 Å². The SMILES string of the molecule is N#Cc1cncnc1Nc1cccc(N2CCCNC2=O)c1. The number of rotatable bonds is 3. The van der Waals surface area contributed by atoms with Gasteiger partial charge >= 0.3 is 6.03 Å². The van der Waals surface area contributed by atoms with Crippen LogP contribution >= 0.6 is 0 Å². The molecule has 2 heterocycles.